The molecule has 108 valence electrons. The minimum atomic E-state index is 0.494. The predicted molar refractivity (Wildman–Crippen MR) is 86.9 cm³/mol. The van der Waals surface area contributed by atoms with E-state index >= 15 is 0 Å². The van der Waals surface area contributed by atoms with E-state index in [1.807, 2.05) is 36.4 Å². The van der Waals surface area contributed by atoms with Gasteiger partial charge in [0.2, 0.25) is 0 Å². The maximum atomic E-state index is 5.49. The van der Waals surface area contributed by atoms with Gasteiger partial charge in [0.05, 0.1) is 0 Å². The average molecular weight is 279 g/mol. The molecule has 0 unspecified atom stereocenters. The normalized spacial score (nSPS) is 9.90. The number of rotatable bonds is 7. The van der Waals surface area contributed by atoms with Gasteiger partial charge in [0.25, 0.3) is 0 Å². The van der Waals surface area contributed by atoms with Crippen LogP contribution in [0, 0.1) is 11.8 Å². The zero-order valence-corrected chi connectivity index (χ0v) is 12.2. The summed E-state index contributed by atoms with van der Waals surface area (Å²) in [5.41, 5.74) is 2.35. The van der Waals surface area contributed by atoms with Crippen LogP contribution in [0.15, 0.2) is 60.7 Å². The van der Waals surface area contributed by atoms with Crippen LogP contribution < -0.4 is 5.32 Å². The number of nitrogens with one attached hydrogen (secondary N) is 1. The Labute approximate surface area is 127 Å². The molecule has 0 atom stereocenters. The second-order valence-corrected chi connectivity index (χ2v) is 4.74. The number of benzene rings is 2. The van der Waals surface area contributed by atoms with Crippen molar-refractivity contribution in [2.45, 2.75) is 13.0 Å². The van der Waals surface area contributed by atoms with Crippen molar-refractivity contribution in [3.05, 3.63) is 71.8 Å². The molecule has 2 heteroatoms. The molecule has 0 aliphatic heterocycles. The van der Waals surface area contributed by atoms with Crippen LogP contribution in [0.5, 0.6) is 0 Å². The van der Waals surface area contributed by atoms with Gasteiger partial charge in [-0.15, -0.1) is 0 Å². The van der Waals surface area contributed by atoms with Crippen LogP contribution in [-0.4, -0.2) is 19.8 Å². The van der Waals surface area contributed by atoms with Gasteiger partial charge in [-0.25, -0.2) is 0 Å². The Balaban J connectivity index is 1.48. The maximum Gasteiger partial charge on any atom is 0.108 e. The summed E-state index contributed by atoms with van der Waals surface area (Å²) in [6.45, 7) is 3.11. The highest BCUT2D eigenvalue weighted by molar-refractivity contribution is 5.33. The first-order chi connectivity index (χ1) is 10.4. The molecule has 0 aliphatic carbocycles. The first-order valence-electron chi connectivity index (χ1n) is 7.31. The van der Waals surface area contributed by atoms with Gasteiger partial charge in [0.1, 0.15) is 6.61 Å². The van der Waals surface area contributed by atoms with E-state index in [1.165, 1.54) is 5.56 Å². The molecule has 0 fully saturated rings. The third-order valence-electron chi connectivity index (χ3n) is 2.99. The quantitative estimate of drug-likeness (QED) is 0.620. The minimum Gasteiger partial charge on any atom is -0.369 e. The van der Waals surface area contributed by atoms with E-state index in [-0.39, 0.29) is 0 Å². The fourth-order valence-corrected chi connectivity index (χ4v) is 1.91. The highest BCUT2D eigenvalue weighted by Gasteiger charge is 1.91. The molecule has 0 spiro atoms. The summed E-state index contributed by atoms with van der Waals surface area (Å²) in [5, 5.41) is 3.40. The molecule has 0 saturated carbocycles. The average Bonchev–Trinajstić information content (AvgIpc) is 2.55. The molecule has 21 heavy (non-hydrogen) atoms. The monoisotopic (exact) mass is 279 g/mol. The zero-order chi connectivity index (χ0) is 14.6. The Morgan fingerprint density at radius 1 is 0.905 bits per heavy atom. The summed E-state index contributed by atoms with van der Waals surface area (Å²) >= 11 is 0. The molecule has 0 heterocycles. The van der Waals surface area contributed by atoms with Gasteiger partial charge < -0.3 is 10.1 Å². The first-order valence-corrected chi connectivity index (χ1v) is 7.31. The van der Waals surface area contributed by atoms with Crippen molar-refractivity contribution >= 4 is 0 Å². The highest BCUT2D eigenvalue weighted by Crippen LogP contribution is 1.97. The lowest BCUT2D eigenvalue weighted by Crippen LogP contribution is -2.16. The van der Waals surface area contributed by atoms with Crippen molar-refractivity contribution in [3.63, 3.8) is 0 Å². The topological polar surface area (TPSA) is 21.3 Å². The molecule has 0 aliphatic rings. The number of ether oxygens (including phenoxy) is 1. The fraction of sp³-hybridized carbons (Fsp3) is 0.263. The van der Waals surface area contributed by atoms with Crippen LogP contribution in [0.2, 0.25) is 0 Å². The third kappa shape index (κ3) is 6.76. The summed E-state index contributed by atoms with van der Waals surface area (Å²) in [6.07, 6.45) is 1.000. The summed E-state index contributed by atoms with van der Waals surface area (Å²) in [5.74, 6) is 6.10. The second-order valence-electron chi connectivity index (χ2n) is 4.74. The fourth-order valence-electron chi connectivity index (χ4n) is 1.91. The SMILES string of the molecule is C(#Cc1ccccc1)COCCCNCc1ccccc1. The molecule has 2 aromatic rings. The molecule has 1 N–H and O–H groups in total. The molecule has 2 aromatic carbocycles. The Morgan fingerprint density at radius 2 is 1.62 bits per heavy atom. The minimum absolute atomic E-state index is 0.494. The van der Waals surface area contributed by atoms with Gasteiger partial charge in [0.15, 0.2) is 0 Å². The van der Waals surface area contributed by atoms with E-state index < -0.39 is 0 Å². The van der Waals surface area contributed by atoms with Crippen LogP contribution in [0.1, 0.15) is 17.5 Å². The first kappa shape index (κ1) is 15.3. The standard InChI is InChI=1S/C19H21NO/c1-3-9-18(10-4-1)13-7-15-21-16-8-14-20-17-19-11-5-2-6-12-19/h1-6,9-12,20H,8,14-17H2. The largest absolute Gasteiger partial charge is 0.369 e. The molecular weight excluding hydrogens is 258 g/mol. The summed E-state index contributed by atoms with van der Waals surface area (Å²) in [4.78, 5) is 0. The van der Waals surface area contributed by atoms with E-state index in [1.54, 1.807) is 0 Å². The van der Waals surface area contributed by atoms with Crippen LogP contribution >= 0.6 is 0 Å². The van der Waals surface area contributed by atoms with Gasteiger partial charge in [-0.1, -0.05) is 60.4 Å². The molecule has 2 nitrogen and oxygen atoms in total. The lowest BCUT2D eigenvalue weighted by Gasteiger charge is -2.04. The van der Waals surface area contributed by atoms with Gasteiger partial charge in [-0.2, -0.15) is 0 Å². The van der Waals surface area contributed by atoms with Gasteiger partial charge in [-0.05, 0) is 30.7 Å². The summed E-state index contributed by atoms with van der Waals surface area (Å²) in [6, 6.07) is 20.4. The zero-order valence-electron chi connectivity index (χ0n) is 12.2. The predicted octanol–water partition coefficient (Wildman–Crippen LogP) is 3.23. The lowest BCUT2D eigenvalue weighted by atomic mass is 10.2. The van der Waals surface area contributed by atoms with Crippen molar-refractivity contribution in [2.75, 3.05) is 19.8 Å². The van der Waals surface area contributed by atoms with Crippen molar-refractivity contribution in [2.24, 2.45) is 0 Å². The van der Waals surface area contributed by atoms with Gasteiger partial charge >= 0.3 is 0 Å². The Bertz CT molecular complexity index is 554. The van der Waals surface area contributed by atoms with Crippen molar-refractivity contribution in [1.29, 1.82) is 0 Å². The smallest absolute Gasteiger partial charge is 0.108 e. The Kier molecular flexibility index (Phi) is 7.12. The third-order valence-corrected chi connectivity index (χ3v) is 2.99. The van der Waals surface area contributed by atoms with Crippen molar-refractivity contribution in [1.82, 2.24) is 5.32 Å². The van der Waals surface area contributed by atoms with Gasteiger partial charge in [-0.3, -0.25) is 0 Å². The van der Waals surface area contributed by atoms with E-state index in [4.69, 9.17) is 4.74 Å². The lowest BCUT2D eigenvalue weighted by molar-refractivity contribution is 0.164. The van der Waals surface area contributed by atoms with Gasteiger partial charge in [0, 0.05) is 18.7 Å². The Morgan fingerprint density at radius 3 is 2.38 bits per heavy atom. The summed E-state index contributed by atoms with van der Waals surface area (Å²) < 4.78 is 5.49. The second kappa shape index (κ2) is 9.77. The molecule has 0 amide bonds. The number of hydrogen-bond acceptors (Lipinski definition) is 2. The van der Waals surface area contributed by atoms with Crippen LogP contribution in [0.25, 0.3) is 0 Å². The van der Waals surface area contributed by atoms with E-state index in [2.05, 4.69) is 41.4 Å². The maximum absolute atomic E-state index is 5.49. The molecule has 0 saturated heterocycles. The van der Waals surface area contributed by atoms with E-state index in [0.717, 1.165) is 31.7 Å². The van der Waals surface area contributed by atoms with Crippen LogP contribution in [0.4, 0.5) is 0 Å². The van der Waals surface area contributed by atoms with Crippen molar-refractivity contribution < 1.29 is 4.74 Å². The molecule has 2 rings (SSSR count). The molecule has 0 radical (unpaired) electrons. The molecular formula is C19H21NO. The Hall–Kier alpha value is -2.08. The van der Waals surface area contributed by atoms with Crippen LogP contribution in [0.3, 0.4) is 0 Å². The molecule has 0 aromatic heterocycles. The summed E-state index contributed by atoms with van der Waals surface area (Å²) in [7, 11) is 0. The molecule has 0 bridgehead atoms. The van der Waals surface area contributed by atoms with E-state index in [9.17, 15) is 0 Å². The van der Waals surface area contributed by atoms with Crippen LogP contribution in [-0.2, 0) is 11.3 Å². The highest BCUT2D eigenvalue weighted by atomic mass is 16.5. The van der Waals surface area contributed by atoms with Crippen molar-refractivity contribution in [3.8, 4) is 11.8 Å². The number of hydrogen-bond donors (Lipinski definition) is 1. The van der Waals surface area contributed by atoms with E-state index in [0.29, 0.717) is 6.61 Å².